The molecule has 150 valence electrons. The number of phenolic OH excluding ortho intramolecular Hbond substituents is 1. The van der Waals surface area contributed by atoms with Gasteiger partial charge in [0.15, 0.2) is 17.1 Å². The summed E-state index contributed by atoms with van der Waals surface area (Å²) in [6.07, 6.45) is 0. The number of halogens is 1. The second-order valence-corrected chi connectivity index (χ2v) is 6.96. The smallest absolute Gasteiger partial charge is 0.161 e. The van der Waals surface area contributed by atoms with E-state index in [-0.39, 0.29) is 10.8 Å². The summed E-state index contributed by atoms with van der Waals surface area (Å²) in [6, 6.07) is 8.83. The molecule has 2 heterocycles. The average molecular weight is 414 g/mol. The van der Waals surface area contributed by atoms with Crippen LogP contribution in [0.15, 0.2) is 30.3 Å². The monoisotopic (exact) mass is 413 g/mol. The molecule has 2 aromatic carbocycles. The van der Waals surface area contributed by atoms with Crippen molar-refractivity contribution in [3.63, 3.8) is 0 Å². The number of rotatable bonds is 6. The number of fused-ring (bicyclic) bond motifs is 3. The van der Waals surface area contributed by atoms with Crippen molar-refractivity contribution in [1.82, 2.24) is 15.2 Å². The number of hydrogen-bond acceptors (Lipinski definition) is 6. The first-order valence-electron chi connectivity index (χ1n) is 9.00. The molecule has 0 unspecified atom stereocenters. The third-order valence-electron chi connectivity index (χ3n) is 4.75. The number of H-pyrrole nitrogens is 1. The molecule has 0 aliphatic rings. The molecule has 8 heteroatoms. The molecule has 0 saturated heterocycles. The second-order valence-electron chi connectivity index (χ2n) is 6.55. The Morgan fingerprint density at radius 2 is 1.86 bits per heavy atom. The molecule has 2 aromatic heterocycles. The molecule has 0 saturated carbocycles. The molecule has 7 nitrogen and oxygen atoms in total. The lowest BCUT2D eigenvalue weighted by Gasteiger charge is -2.14. The normalized spacial score (nSPS) is 11.3. The minimum atomic E-state index is 0.0181. The van der Waals surface area contributed by atoms with E-state index in [0.29, 0.717) is 36.1 Å². The number of aromatic amines is 1. The lowest BCUT2D eigenvalue weighted by Crippen LogP contribution is -2.05. The fourth-order valence-electron chi connectivity index (χ4n) is 3.34. The Bertz CT molecular complexity index is 1210. The summed E-state index contributed by atoms with van der Waals surface area (Å²) < 4.78 is 16.5. The molecular formula is C21H20ClN3O4. The summed E-state index contributed by atoms with van der Waals surface area (Å²) in [5.74, 6) is 1.21. The predicted octanol–water partition coefficient (Wildman–Crippen LogP) is 4.48. The van der Waals surface area contributed by atoms with Gasteiger partial charge < -0.3 is 19.3 Å². The summed E-state index contributed by atoms with van der Waals surface area (Å²) in [4.78, 5) is 4.77. The van der Waals surface area contributed by atoms with E-state index in [9.17, 15) is 5.11 Å². The first-order valence-corrected chi connectivity index (χ1v) is 9.38. The van der Waals surface area contributed by atoms with E-state index < -0.39 is 0 Å². The van der Waals surface area contributed by atoms with Crippen LogP contribution in [-0.2, 0) is 4.74 Å². The zero-order chi connectivity index (χ0) is 20.5. The van der Waals surface area contributed by atoms with E-state index in [0.717, 1.165) is 27.4 Å². The molecular weight excluding hydrogens is 394 g/mol. The van der Waals surface area contributed by atoms with Crippen LogP contribution in [0, 0.1) is 6.92 Å². The molecule has 0 bridgehead atoms. The Morgan fingerprint density at radius 3 is 2.59 bits per heavy atom. The van der Waals surface area contributed by atoms with Gasteiger partial charge in [-0.2, -0.15) is 5.10 Å². The summed E-state index contributed by atoms with van der Waals surface area (Å²) in [5, 5.41) is 20.0. The highest BCUT2D eigenvalue weighted by molar-refractivity contribution is 6.32. The lowest BCUT2D eigenvalue weighted by atomic mass is 10.00. The summed E-state index contributed by atoms with van der Waals surface area (Å²) in [5.41, 5.74) is 2.95. The lowest BCUT2D eigenvalue weighted by molar-refractivity contribution is 0.144. The van der Waals surface area contributed by atoms with Gasteiger partial charge in [0.1, 0.15) is 12.4 Å². The summed E-state index contributed by atoms with van der Waals surface area (Å²) in [6.45, 7) is 2.79. The number of aryl methyl sites for hydroxylation is 1. The number of nitrogens with one attached hydrogen (secondary N) is 1. The van der Waals surface area contributed by atoms with Gasteiger partial charge in [-0.15, -0.1) is 0 Å². The number of hydrogen-bond donors (Lipinski definition) is 2. The molecule has 0 amide bonds. The number of methoxy groups -OCH3 is 2. The molecule has 4 aromatic rings. The number of ether oxygens (including phenoxy) is 3. The number of benzene rings is 2. The van der Waals surface area contributed by atoms with Crippen LogP contribution in [0.1, 0.15) is 5.69 Å². The highest BCUT2D eigenvalue weighted by Gasteiger charge is 2.18. The van der Waals surface area contributed by atoms with E-state index >= 15 is 0 Å². The van der Waals surface area contributed by atoms with Crippen LogP contribution in [0.4, 0.5) is 0 Å². The van der Waals surface area contributed by atoms with Gasteiger partial charge in [0.2, 0.25) is 0 Å². The zero-order valence-electron chi connectivity index (χ0n) is 16.2. The quantitative estimate of drug-likeness (QED) is 0.453. The van der Waals surface area contributed by atoms with Crippen LogP contribution in [-0.4, -0.2) is 47.7 Å². The van der Waals surface area contributed by atoms with E-state index in [1.54, 1.807) is 32.4 Å². The van der Waals surface area contributed by atoms with Gasteiger partial charge in [-0.1, -0.05) is 11.6 Å². The molecule has 2 N–H and O–H groups in total. The molecule has 29 heavy (non-hydrogen) atoms. The largest absolute Gasteiger partial charge is 0.506 e. The maximum absolute atomic E-state index is 9.79. The van der Waals surface area contributed by atoms with E-state index in [4.69, 9.17) is 30.8 Å². The molecule has 4 rings (SSSR count). The van der Waals surface area contributed by atoms with Gasteiger partial charge in [0.05, 0.1) is 30.1 Å². The Morgan fingerprint density at radius 1 is 1.07 bits per heavy atom. The van der Waals surface area contributed by atoms with Crippen LogP contribution in [0.25, 0.3) is 33.1 Å². The number of aromatic nitrogens is 3. The molecule has 0 radical (unpaired) electrons. The predicted molar refractivity (Wildman–Crippen MR) is 112 cm³/mol. The van der Waals surface area contributed by atoms with Crippen molar-refractivity contribution in [1.29, 1.82) is 0 Å². The van der Waals surface area contributed by atoms with Crippen molar-refractivity contribution in [3.8, 4) is 28.5 Å². The molecule has 0 fully saturated rings. The highest BCUT2D eigenvalue weighted by Crippen LogP contribution is 2.41. The average Bonchev–Trinajstić information content (AvgIpc) is 3.10. The molecule has 0 atom stereocenters. The van der Waals surface area contributed by atoms with Crippen molar-refractivity contribution < 1.29 is 19.3 Å². The second kappa shape index (κ2) is 7.77. The Labute approximate surface area is 172 Å². The van der Waals surface area contributed by atoms with Crippen molar-refractivity contribution in [2.75, 3.05) is 27.4 Å². The van der Waals surface area contributed by atoms with Crippen molar-refractivity contribution >= 4 is 33.4 Å². The minimum Gasteiger partial charge on any atom is -0.506 e. The van der Waals surface area contributed by atoms with Crippen LogP contribution in [0.5, 0.6) is 17.2 Å². The van der Waals surface area contributed by atoms with Crippen LogP contribution in [0.3, 0.4) is 0 Å². The van der Waals surface area contributed by atoms with Crippen molar-refractivity contribution in [2.24, 2.45) is 0 Å². The Hall–Kier alpha value is -3.03. The topological polar surface area (TPSA) is 89.5 Å². The maximum atomic E-state index is 9.79. The standard InChI is InChI=1S/C21H20ClN3O4/c1-11-19-13-9-18(29-7-6-27-2)17(28-3)10-14(13)20(23-21(19)25-24-11)12-4-5-16(26)15(22)8-12/h4-5,8-10,26H,6-7H2,1-3H3,(H,23,24,25). The van der Waals surface area contributed by atoms with E-state index in [2.05, 4.69) is 10.2 Å². The van der Waals surface area contributed by atoms with Gasteiger partial charge in [-0.25, -0.2) is 4.98 Å². The number of aromatic hydroxyl groups is 1. The third kappa shape index (κ3) is 3.43. The number of nitrogens with zero attached hydrogens (tertiary/aromatic N) is 2. The molecule has 0 aliphatic heterocycles. The van der Waals surface area contributed by atoms with E-state index in [1.165, 1.54) is 0 Å². The number of pyridine rings is 1. The fraction of sp³-hybridized carbons (Fsp3) is 0.238. The van der Waals surface area contributed by atoms with Gasteiger partial charge in [0, 0.05) is 28.8 Å². The van der Waals surface area contributed by atoms with E-state index in [1.807, 2.05) is 19.1 Å². The Kier molecular flexibility index (Phi) is 5.17. The van der Waals surface area contributed by atoms with Crippen molar-refractivity contribution in [3.05, 3.63) is 41.0 Å². The van der Waals surface area contributed by atoms with Gasteiger partial charge in [-0.3, -0.25) is 5.10 Å². The summed E-state index contributed by atoms with van der Waals surface area (Å²) >= 11 is 6.14. The maximum Gasteiger partial charge on any atom is 0.161 e. The van der Waals surface area contributed by atoms with Gasteiger partial charge >= 0.3 is 0 Å². The Balaban J connectivity index is 2.01. The van der Waals surface area contributed by atoms with Crippen LogP contribution < -0.4 is 9.47 Å². The summed E-state index contributed by atoms with van der Waals surface area (Å²) in [7, 11) is 3.22. The van der Waals surface area contributed by atoms with Crippen LogP contribution >= 0.6 is 11.6 Å². The van der Waals surface area contributed by atoms with Gasteiger partial charge in [-0.05, 0) is 37.3 Å². The minimum absolute atomic E-state index is 0.0181. The zero-order valence-corrected chi connectivity index (χ0v) is 17.0. The van der Waals surface area contributed by atoms with Gasteiger partial charge in [0.25, 0.3) is 0 Å². The first kappa shape index (κ1) is 19.3. The van der Waals surface area contributed by atoms with Crippen LogP contribution in [0.2, 0.25) is 5.02 Å². The SMILES string of the molecule is COCCOc1cc2c(cc1OC)c(-c1ccc(O)c(Cl)c1)nc1[nH]nc(C)c12. The molecule has 0 spiro atoms. The molecule has 0 aliphatic carbocycles. The van der Waals surface area contributed by atoms with Crippen molar-refractivity contribution in [2.45, 2.75) is 6.92 Å². The highest BCUT2D eigenvalue weighted by atomic mass is 35.5. The fourth-order valence-corrected chi connectivity index (χ4v) is 3.52. The third-order valence-corrected chi connectivity index (χ3v) is 5.05. The first-order chi connectivity index (χ1) is 14.0. The number of phenols is 1.